The minimum atomic E-state index is -2.48. The Bertz CT molecular complexity index is 1260. The van der Waals surface area contributed by atoms with Crippen molar-refractivity contribution in [2.24, 2.45) is 0 Å². The SMILES string of the molecule is C=CCON(C(=O)C[P+](c1ccccc1)(c1ccccc1)c1ccccc1)C(C)C(=O)OCc1ccccc1.[Br-]. The first-order valence-electron chi connectivity index (χ1n) is 12.9. The van der Waals surface area contributed by atoms with Gasteiger partial charge in [0.25, 0.3) is 5.91 Å². The van der Waals surface area contributed by atoms with Crippen LogP contribution in [0.1, 0.15) is 12.5 Å². The minimum Gasteiger partial charge on any atom is -1.00 e. The summed E-state index contributed by atoms with van der Waals surface area (Å²) in [4.78, 5) is 33.1. The van der Waals surface area contributed by atoms with Crippen molar-refractivity contribution in [1.29, 1.82) is 0 Å². The molecule has 5 nitrogen and oxygen atoms in total. The molecular weight excluding hydrogens is 585 g/mol. The molecule has 0 saturated carbocycles. The van der Waals surface area contributed by atoms with Crippen LogP contribution in [0.5, 0.6) is 0 Å². The fourth-order valence-corrected chi connectivity index (χ4v) is 8.55. The van der Waals surface area contributed by atoms with Crippen molar-refractivity contribution >= 4 is 35.1 Å². The van der Waals surface area contributed by atoms with E-state index in [-0.39, 0.29) is 42.3 Å². The zero-order chi connectivity index (χ0) is 27.5. The van der Waals surface area contributed by atoms with E-state index in [2.05, 4.69) is 43.0 Å². The summed E-state index contributed by atoms with van der Waals surface area (Å²) >= 11 is 0. The van der Waals surface area contributed by atoms with Crippen LogP contribution in [0.2, 0.25) is 0 Å². The van der Waals surface area contributed by atoms with Gasteiger partial charge in [0.05, 0.1) is 6.61 Å². The van der Waals surface area contributed by atoms with Gasteiger partial charge >= 0.3 is 5.97 Å². The maximum atomic E-state index is 14.2. The number of hydrogen-bond donors (Lipinski definition) is 0. The molecule has 0 heterocycles. The maximum Gasteiger partial charge on any atom is 0.331 e. The van der Waals surface area contributed by atoms with Crippen molar-refractivity contribution in [1.82, 2.24) is 5.06 Å². The van der Waals surface area contributed by atoms with Crippen molar-refractivity contribution in [3.8, 4) is 0 Å². The molecule has 4 rings (SSSR count). The van der Waals surface area contributed by atoms with Crippen molar-refractivity contribution in [2.75, 3.05) is 12.8 Å². The van der Waals surface area contributed by atoms with Gasteiger partial charge in [-0.15, -0.1) is 6.58 Å². The molecule has 0 bridgehead atoms. The van der Waals surface area contributed by atoms with Crippen LogP contribution >= 0.6 is 7.26 Å². The van der Waals surface area contributed by atoms with Gasteiger partial charge in [-0.05, 0) is 48.9 Å². The molecule has 0 aliphatic heterocycles. The number of halogens is 1. The van der Waals surface area contributed by atoms with Crippen LogP contribution in [-0.2, 0) is 25.8 Å². The third-order valence-corrected chi connectivity index (χ3v) is 10.7. The number of benzene rings is 4. The predicted molar refractivity (Wildman–Crippen MR) is 159 cm³/mol. The topological polar surface area (TPSA) is 55.8 Å². The van der Waals surface area contributed by atoms with Gasteiger partial charge in [-0.25, -0.2) is 9.86 Å². The van der Waals surface area contributed by atoms with Crippen molar-refractivity contribution in [2.45, 2.75) is 19.6 Å². The van der Waals surface area contributed by atoms with Crippen molar-refractivity contribution < 1.29 is 36.1 Å². The van der Waals surface area contributed by atoms with E-state index in [1.165, 1.54) is 5.06 Å². The Morgan fingerprint density at radius 1 is 0.775 bits per heavy atom. The summed E-state index contributed by atoms with van der Waals surface area (Å²) in [5, 5.41) is 4.37. The summed E-state index contributed by atoms with van der Waals surface area (Å²) < 4.78 is 5.56. The Hall–Kier alpha value is -3.57. The molecule has 0 N–H and O–H groups in total. The molecule has 1 unspecified atom stereocenters. The number of nitrogens with zero attached hydrogens (tertiary/aromatic N) is 1. The molecule has 0 radical (unpaired) electrons. The Labute approximate surface area is 247 Å². The molecule has 1 atom stereocenters. The van der Waals surface area contributed by atoms with Gasteiger partial charge in [-0.1, -0.05) is 91.0 Å². The van der Waals surface area contributed by atoms with Crippen LogP contribution in [0.4, 0.5) is 0 Å². The third kappa shape index (κ3) is 7.33. The first-order chi connectivity index (χ1) is 19.1. The lowest BCUT2D eigenvalue weighted by Gasteiger charge is -2.31. The summed E-state index contributed by atoms with van der Waals surface area (Å²) in [5.41, 5.74) is 0.866. The molecule has 0 spiro atoms. The molecule has 7 heteroatoms. The van der Waals surface area contributed by atoms with E-state index in [9.17, 15) is 9.59 Å². The largest absolute Gasteiger partial charge is 1.00 e. The molecule has 4 aromatic carbocycles. The third-order valence-electron chi connectivity index (χ3n) is 6.46. The highest BCUT2D eigenvalue weighted by atomic mass is 79.9. The quantitative estimate of drug-likeness (QED) is 0.106. The van der Waals surface area contributed by atoms with Gasteiger partial charge in [0.2, 0.25) is 0 Å². The zero-order valence-corrected chi connectivity index (χ0v) is 24.9. The number of esters is 1. The van der Waals surface area contributed by atoms with Crippen LogP contribution in [0.3, 0.4) is 0 Å². The lowest BCUT2D eigenvalue weighted by atomic mass is 10.2. The fraction of sp³-hybridized carbons (Fsp3) is 0.152. The van der Waals surface area contributed by atoms with Crippen LogP contribution < -0.4 is 32.9 Å². The predicted octanol–water partition coefficient (Wildman–Crippen LogP) is 2.06. The van der Waals surface area contributed by atoms with Crippen LogP contribution in [0.15, 0.2) is 134 Å². The number of hydrogen-bond acceptors (Lipinski definition) is 4. The highest BCUT2D eigenvalue weighted by Gasteiger charge is 2.49. The van der Waals surface area contributed by atoms with Gasteiger partial charge in [0.1, 0.15) is 29.8 Å². The average Bonchev–Trinajstić information content (AvgIpc) is 3.00. The first-order valence-corrected chi connectivity index (χ1v) is 14.8. The van der Waals surface area contributed by atoms with E-state index < -0.39 is 19.3 Å². The summed E-state index contributed by atoms with van der Waals surface area (Å²) in [6.45, 7) is 5.54. The van der Waals surface area contributed by atoms with E-state index in [1.54, 1.807) is 13.0 Å². The number of carbonyl (C=O) groups excluding carboxylic acids is 2. The molecule has 206 valence electrons. The van der Waals surface area contributed by atoms with Gasteiger partial charge < -0.3 is 21.7 Å². The van der Waals surface area contributed by atoms with Crippen molar-refractivity contribution in [3.63, 3.8) is 0 Å². The molecule has 40 heavy (non-hydrogen) atoms. The molecule has 4 aromatic rings. The molecule has 0 aliphatic carbocycles. The van der Waals surface area contributed by atoms with Crippen LogP contribution in [0, 0.1) is 0 Å². The maximum absolute atomic E-state index is 14.2. The van der Waals surface area contributed by atoms with Gasteiger partial charge in [-0.2, -0.15) is 0 Å². The van der Waals surface area contributed by atoms with Gasteiger partial charge in [0, 0.05) is 0 Å². The highest BCUT2D eigenvalue weighted by molar-refractivity contribution is 7.96. The normalized spacial score (nSPS) is 11.5. The lowest BCUT2D eigenvalue weighted by Crippen LogP contribution is -3.00. The molecule has 0 saturated heterocycles. The number of hydroxylamine groups is 2. The van der Waals surface area contributed by atoms with E-state index in [4.69, 9.17) is 9.57 Å². The number of rotatable bonds is 12. The monoisotopic (exact) mass is 617 g/mol. The Morgan fingerprint density at radius 2 is 1.20 bits per heavy atom. The second-order valence-electron chi connectivity index (χ2n) is 9.05. The summed E-state index contributed by atoms with van der Waals surface area (Å²) in [5.74, 6) is -0.842. The Morgan fingerprint density at radius 3 is 1.62 bits per heavy atom. The Kier molecular flexibility index (Phi) is 11.8. The molecule has 0 aromatic heterocycles. The van der Waals surface area contributed by atoms with Crippen molar-refractivity contribution in [3.05, 3.63) is 140 Å². The van der Waals surface area contributed by atoms with Crippen LogP contribution in [0.25, 0.3) is 0 Å². The first kappa shape index (κ1) is 31.0. The smallest absolute Gasteiger partial charge is 0.331 e. The Balaban J connectivity index is 0.00000441. The molecule has 0 fully saturated rings. The van der Waals surface area contributed by atoms with Crippen LogP contribution in [-0.4, -0.2) is 35.8 Å². The lowest BCUT2D eigenvalue weighted by molar-refractivity contribution is -0.201. The number of carbonyl (C=O) groups is 2. The highest BCUT2D eigenvalue weighted by Crippen LogP contribution is 2.55. The average molecular weight is 619 g/mol. The minimum absolute atomic E-state index is 0. The summed E-state index contributed by atoms with van der Waals surface area (Å²) in [7, 11) is -2.48. The van der Waals surface area contributed by atoms with E-state index >= 15 is 0 Å². The standard InChI is InChI=1S/C33H33NO4P.BrH/c1-3-24-38-34(27(2)33(36)37-25-28-16-8-4-9-17-28)32(35)26-39(29-18-10-5-11-19-29,30-20-12-6-13-21-30)31-22-14-7-15-23-31;/h3-23,27H,1,24-26H2,2H3;1H/q+1;/p-1. The van der Waals surface area contributed by atoms with Gasteiger partial charge in [-0.3, -0.25) is 9.63 Å². The zero-order valence-electron chi connectivity index (χ0n) is 22.4. The summed E-state index contributed by atoms with van der Waals surface area (Å²) in [6, 6.07) is 38.8. The fourth-order valence-electron chi connectivity index (χ4n) is 4.52. The second kappa shape index (κ2) is 15.3. The van der Waals surface area contributed by atoms with E-state index in [0.717, 1.165) is 21.5 Å². The van der Waals surface area contributed by atoms with E-state index in [1.807, 2.05) is 84.9 Å². The molecule has 1 amide bonds. The van der Waals surface area contributed by atoms with E-state index in [0.29, 0.717) is 0 Å². The number of ether oxygens (including phenoxy) is 1. The molecule has 0 aliphatic rings. The second-order valence-corrected chi connectivity index (χ2v) is 12.5. The summed E-state index contributed by atoms with van der Waals surface area (Å²) in [6.07, 6.45) is 1.69. The van der Waals surface area contributed by atoms with Gasteiger partial charge in [0.15, 0.2) is 12.2 Å². The molecular formula is C33H33BrNO4P. The number of amides is 1.